The van der Waals surface area contributed by atoms with Gasteiger partial charge in [0.25, 0.3) is 10.0 Å². The molecule has 0 aliphatic carbocycles. The molecule has 3 aromatic rings. The number of ether oxygens (including phenoxy) is 1. The van der Waals surface area contributed by atoms with Crippen LogP contribution in [-0.4, -0.2) is 13.4 Å². The number of aromatic nitrogens is 1. The molecule has 0 bridgehead atoms. The number of nitrogens with zero attached hydrogens (tertiary/aromatic N) is 1. The van der Waals surface area contributed by atoms with E-state index in [9.17, 15) is 17.2 Å². The zero-order valence-corrected chi connectivity index (χ0v) is 16.2. The van der Waals surface area contributed by atoms with Gasteiger partial charge >= 0.3 is 0 Å². The van der Waals surface area contributed by atoms with Crippen LogP contribution in [0.1, 0.15) is 18.6 Å². The van der Waals surface area contributed by atoms with Gasteiger partial charge in [0, 0.05) is 11.4 Å². The normalized spacial score (nSPS) is 12.6. The molecule has 1 heterocycles. The summed E-state index contributed by atoms with van der Waals surface area (Å²) in [5.41, 5.74) is 1.96. The highest BCUT2D eigenvalue weighted by Crippen LogP contribution is 2.33. The van der Waals surface area contributed by atoms with Gasteiger partial charge in [-0.25, -0.2) is 22.2 Å². The van der Waals surface area contributed by atoms with Crippen LogP contribution < -0.4 is 9.46 Å². The van der Waals surface area contributed by atoms with Gasteiger partial charge in [0.1, 0.15) is 28.4 Å². The van der Waals surface area contributed by atoms with Crippen molar-refractivity contribution < 1.29 is 21.9 Å². The predicted molar refractivity (Wildman–Crippen MR) is 99.8 cm³/mol. The number of hydrogen-bond donors (Lipinski definition) is 1. The van der Waals surface area contributed by atoms with E-state index >= 15 is 0 Å². The molecule has 3 rings (SSSR count). The Bertz CT molecular complexity index is 1060. The summed E-state index contributed by atoms with van der Waals surface area (Å²) in [4.78, 5) is 3.16. The Morgan fingerprint density at radius 2 is 2.04 bits per heavy atom. The highest BCUT2D eigenvalue weighted by atomic mass is 35.5. The van der Waals surface area contributed by atoms with Crippen LogP contribution in [0.3, 0.4) is 0 Å². The third-order valence-corrected chi connectivity index (χ3v) is 5.82. The molecular weight excluding hydrogens is 418 g/mol. The quantitative estimate of drug-likeness (QED) is 0.596. The van der Waals surface area contributed by atoms with Crippen LogP contribution in [0.25, 0.3) is 0 Å². The first-order chi connectivity index (χ1) is 12.8. The van der Waals surface area contributed by atoms with E-state index in [-0.39, 0.29) is 16.6 Å². The van der Waals surface area contributed by atoms with Crippen molar-refractivity contribution in [1.29, 1.82) is 0 Å². The monoisotopic (exact) mass is 430 g/mol. The van der Waals surface area contributed by atoms with Gasteiger partial charge in [-0.15, -0.1) is 11.3 Å². The smallest absolute Gasteiger partial charge is 0.266 e. The molecule has 142 valence electrons. The number of benzene rings is 2. The van der Waals surface area contributed by atoms with Gasteiger partial charge in [-0.2, -0.15) is 0 Å². The third-order valence-electron chi connectivity index (χ3n) is 3.57. The molecule has 0 aliphatic heterocycles. The summed E-state index contributed by atoms with van der Waals surface area (Å²) >= 11 is 7.27. The molecule has 27 heavy (non-hydrogen) atoms. The first-order valence-corrected chi connectivity index (χ1v) is 10.4. The molecular formula is C17H13ClF2N2O3S2. The SMILES string of the molecule is CC(Oc1cc(F)c(S(=O)(=O)Nc2cscn2)cc1Cl)c1cccc(F)c1. The second kappa shape index (κ2) is 7.79. The Kier molecular flexibility index (Phi) is 5.64. The van der Waals surface area contributed by atoms with Gasteiger partial charge in [-0.3, -0.25) is 4.72 Å². The van der Waals surface area contributed by atoms with E-state index in [0.29, 0.717) is 5.56 Å². The average molecular weight is 431 g/mol. The fraction of sp³-hybridized carbons (Fsp3) is 0.118. The molecule has 1 atom stereocenters. The second-order valence-corrected chi connectivity index (χ2v) is 8.28. The van der Waals surface area contributed by atoms with Crippen LogP contribution in [0.2, 0.25) is 5.02 Å². The number of halogens is 3. The molecule has 0 saturated carbocycles. The Labute approximate surface area is 163 Å². The molecule has 0 spiro atoms. The first kappa shape index (κ1) is 19.5. The zero-order chi connectivity index (χ0) is 19.6. The molecule has 2 aromatic carbocycles. The van der Waals surface area contributed by atoms with E-state index in [1.165, 1.54) is 40.4 Å². The highest BCUT2D eigenvalue weighted by Gasteiger charge is 2.23. The van der Waals surface area contributed by atoms with Crippen LogP contribution in [0, 0.1) is 11.6 Å². The lowest BCUT2D eigenvalue weighted by Crippen LogP contribution is -2.15. The van der Waals surface area contributed by atoms with Crippen molar-refractivity contribution in [1.82, 2.24) is 4.98 Å². The van der Waals surface area contributed by atoms with Crippen LogP contribution >= 0.6 is 22.9 Å². The maximum atomic E-state index is 14.4. The fourth-order valence-electron chi connectivity index (χ4n) is 2.28. The van der Waals surface area contributed by atoms with Gasteiger partial charge in [-0.1, -0.05) is 23.7 Å². The number of sulfonamides is 1. The number of anilines is 1. The lowest BCUT2D eigenvalue weighted by molar-refractivity contribution is 0.225. The summed E-state index contributed by atoms with van der Waals surface area (Å²) in [5.74, 6) is -1.45. The third kappa shape index (κ3) is 4.55. The molecule has 0 aliphatic rings. The number of hydrogen-bond acceptors (Lipinski definition) is 5. The largest absolute Gasteiger partial charge is 0.484 e. The molecule has 10 heteroatoms. The lowest BCUT2D eigenvalue weighted by Gasteiger charge is -2.17. The molecule has 0 fully saturated rings. The predicted octanol–water partition coefficient (Wildman–Crippen LogP) is 5.02. The van der Waals surface area contributed by atoms with Crippen LogP contribution in [0.15, 0.2) is 52.2 Å². The summed E-state index contributed by atoms with van der Waals surface area (Å²) < 4.78 is 60.2. The molecule has 0 amide bonds. The van der Waals surface area contributed by atoms with Crippen molar-refractivity contribution in [2.75, 3.05) is 4.72 Å². The van der Waals surface area contributed by atoms with Crippen molar-refractivity contribution in [2.45, 2.75) is 17.9 Å². The minimum Gasteiger partial charge on any atom is -0.484 e. The molecule has 0 radical (unpaired) electrons. The lowest BCUT2D eigenvalue weighted by atomic mass is 10.1. The number of rotatable bonds is 6. The highest BCUT2D eigenvalue weighted by molar-refractivity contribution is 7.92. The van der Waals surface area contributed by atoms with Crippen LogP contribution in [0.4, 0.5) is 14.6 Å². The van der Waals surface area contributed by atoms with E-state index in [0.717, 1.165) is 12.1 Å². The van der Waals surface area contributed by atoms with Gasteiger partial charge < -0.3 is 4.74 Å². The van der Waals surface area contributed by atoms with Crippen molar-refractivity contribution in [3.05, 3.63) is 69.5 Å². The first-order valence-electron chi connectivity index (χ1n) is 7.58. The second-order valence-electron chi connectivity index (χ2n) is 5.51. The van der Waals surface area contributed by atoms with Gasteiger partial charge in [0.15, 0.2) is 5.82 Å². The minimum absolute atomic E-state index is 0.0569. The number of nitrogens with one attached hydrogen (secondary N) is 1. The van der Waals surface area contributed by atoms with Crippen LogP contribution in [0.5, 0.6) is 5.75 Å². The van der Waals surface area contributed by atoms with Gasteiger partial charge in [0.05, 0.1) is 10.5 Å². The summed E-state index contributed by atoms with van der Waals surface area (Å²) in [6.07, 6.45) is -0.631. The van der Waals surface area contributed by atoms with Gasteiger partial charge in [-0.05, 0) is 30.7 Å². The summed E-state index contributed by atoms with van der Waals surface area (Å²) in [6, 6.07) is 7.58. The molecule has 0 saturated heterocycles. The fourth-order valence-corrected chi connectivity index (χ4v) is 4.20. The Hall–Kier alpha value is -2.23. The Morgan fingerprint density at radius 3 is 2.70 bits per heavy atom. The Morgan fingerprint density at radius 1 is 1.26 bits per heavy atom. The van der Waals surface area contributed by atoms with Crippen molar-refractivity contribution in [3.8, 4) is 5.75 Å². The van der Waals surface area contributed by atoms with E-state index in [1.807, 2.05) is 0 Å². The van der Waals surface area contributed by atoms with E-state index in [1.54, 1.807) is 13.0 Å². The van der Waals surface area contributed by atoms with Crippen LogP contribution in [-0.2, 0) is 10.0 Å². The zero-order valence-electron chi connectivity index (χ0n) is 13.8. The summed E-state index contributed by atoms with van der Waals surface area (Å²) in [7, 11) is -4.21. The average Bonchev–Trinajstić information content (AvgIpc) is 3.09. The van der Waals surface area contributed by atoms with Crippen molar-refractivity contribution in [3.63, 3.8) is 0 Å². The summed E-state index contributed by atoms with van der Waals surface area (Å²) in [5, 5.41) is 1.37. The standard InChI is InChI=1S/C17H13ClF2N2O3S2/c1-10(11-3-2-4-12(19)5-11)25-15-7-14(20)16(6-13(15)18)27(23,24)22-17-8-26-9-21-17/h2-10,22H,1H3. The van der Waals surface area contributed by atoms with Crippen molar-refractivity contribution >= 4 is 38.8 Å². The van der Waals surface area contributed by atoms with Gasteiger partial charge in [0.2, 0.25) is 0 Å². The molecule has 1 aromatic heterocycles. The van der Waals surface area contributed by atoms with E-state index in [4.69, 9.17) is 16.3 Å². The topological polar surface area (TPSA) is 68.3 Å². The molecule has 5 nitrogen and oxygen atoms in total. The van der Waals surface area contributed by atoms with Crippen molar-refractivity contribution in [2.24, 2.45) is 0 Å². The molecule has 1 unspecified atom stereocenters. The van der Waals surface area contributed by atoms with E-state index in [2.05, 4.69) is 9.71 Å². The number of thiazole rings is 1. The van der Waals surface area contributed by atoms with E-state index < -0.39 is 32.7 Å². The summed E-state index contributed by atoms with van der Waals surface area (Å²) in [6.45, 7) is 1.64. The molecule has 1 N–H and O–H groups in total. The maximum absolute atomic E-state index is 14.4. The Balaban J connectivity index is 1.86. The minimum atomic E-state index is -4.21. The maximum Gasteiger partial charge on any atom is 0.266 e.